The van der Waals surface area contributed by atoms with Crippen LogP contribution in [0.1, 0.15) is 0 Å². The number of rotatable bonds is 0. The van der Waals surface area contributed by atoms with Crippen molar-refractivity contribution in [2.24, 2.45) is 7.05 Å². The molecule has 0 aliphatic carbocycles. The van der Waals surface area contributed by atoms with Gasteiger partial charge in [0.25, 0.3) is 0 Å². The van der Waals surface area contributed by atoms with Crippen molar-refractivity contribution < 1.29 is 0 Å². The molecule has 0 amide bonds. The van der Waals surface area contributed by atoms with Crippen LogP contribution in [0.3, 0.4) is 0 Å². The Bertz CT molecular complexity index is 1150. The summed E-state index contributed by atoms with van der Waals surface area (Å²) in [5, 5.41) is 3.38. The predicted octanol–water partition coefficient (Wildman–Crippen LogP) is 2.92. The fourth-order valence-corrected chi connectivity index (χ4v) is 3.05. The van der Waals surface area contributed by atoms with Gasteiger partial charge in [-0.15, -0.1) is 0 Å². The summed E-state index contributed by atoms with van der Waals surface area (Å²) in [6.07, 6.45) is 7.42. The first-order valence-corrected chi connectivity index (χ1v) is 6.77. The molecule has 0 saturated heterocycles. The van der Waals surface area contributed by atoms with E-state index >= 15 is 0 Å². The van der Waals surface area contributed by atoms with E-state index in [0.29, 0.717) is 0 Å². The molecule has 0 fully saturated rings. The van der Waals surface area contributed by atoms with Gasteiger partial charge in [-0.05, 0) is 29.7 Å². The van der Waals surface area contributed by atoms with Crippen molar-refractivity contribution in [1.29, 1.82) is 0 Å². The van der Waals surface area contributed by atoms with Gasteiger partial charge in [0.15, 0.2) is 0 Å². The van der Waals surface area contributed by atoms with E-state index < -0.39 is 0 Å². The highest BCUT2D eigenvalue weighted by atomic mass is 15.0. The van der Waals surface area contributed by atoms with Gasteiger partial charge in [-0.1, -0.05) is 0 Å². The number of hydrogen-bond donors (Lipinski definition) is 0. The molecule has 5 heteroatoms. The fourth-order valence-electron chi connectivity index (χ4n) is 3.05. The van der Waals surface area contributed by atoms with Crippen molar-refractivity contribution >= 4 is 38.5 Å². The van der Waals surface area contributed by atoms with Crippen LogP contribution in [0.25, 0.3) is 38.5 Å². The number of hydrogen-bond acceptors (Lipinski definition) is 3. The van der Waals surface area contributed by atoms with Crippen molar-refractivity contribution in [3.8, 4) is 0 Å². The Labute approximate surface area is 119 Å². The SMILES string of the molecule is Cn1cnc2cc3c4cccnc4n4ccnc4c3cc21. The molecular formula is C16H11N5. The van der Waals surface area contributed by atoms with E-state index in [4.69, 9.17) is 0 Å². The van der Waals surface area contributed by atoms with E-state index in [9.17, 15) is 0 Å². The predicted molar refractivity (Wildman–Crippen MR) is 82.3 cm³/mol. The number of aromatic nitrogens is 5. The molecule has 0 N–H and O–H groups in total. The van der Waals surface area contributed by atoms with Gasteiger partial charge in [0, 0.05) is 36.4 Å². The second-order valence-electron chi connectivity index (χ2n) is 5.24. The average Bonchev–Trinajstić information content (AvgIpc) is 3.14. The molecule has 1 aromatic carbocycles. The highest BCUT2D eigenvalue weighted by Gasteiger charge is 2.12. The maximum absolute atomic E-state index is 4.51. The lowest BCUT2D eigenvalue weighted by atomic mass is 10.1. The van der Waals surface area contributed by atoms with Crippen LogP contribution in [0.15, 0.2) is 49.2 Å². The lowest BCUT2D eigenvalue weighted by molar-refractivity contribution is 0.948. The number of nitrogens with zero attached hydrogens (tertiary/aromatic N) is 5. The van der Waals surface area contributed by atoms with Gasteiger partial charge in [0.2, 0.25) is 0 Å². The summed E-state index contributed by atoms with van der Waals surface area (Å²) < 4.78 is 4.07. The molecule has 0 atom stereocenters. The van der Waals surface area contributed by atoms with E-state index in [0.717, 1.165) is 38.5 Å². The molecular weight excluding hydrogens is 262 g/mol. The van der Waals surface area contributed by atoms with Crippen LogP contribution in [-0.4, -0.2) is 23.9 Å². The summed E-state index contributed by atoms with van der Waals surface area (Å²) in [4.78, 5) is 13.5. The van der Waals surface area contributed by atoms with Crippen LogP contribution in [0.5, 0.6) is 0 Å². The zero-order valence-corrected chi connectivity index (χ0v) is 11.4. The highest BCUT2D eigenvalue weighted by molar-refractivity contribution is 6.14. The largest absolute Gasteiger partial charge is 0.334 e. The van der Waals surface area contributed by atoms with E-state index in [2.05, 4.69) is 33.2 Å². The Kier molecular flexibility index (Phi) is 1.84. The molecule has 5 rings (SSSR count). The Morgan fingerprint density at radius 3 is 2.71 bits per heavy atom. The average molecular weight is 273 g/mol. The van der Waals surface area contributed by atoms with Crippen LogP contribution in [0.2, 0.25) is 0 Å². The van der Waals surface area contributed by atoms with Crippen molar-refractivity contribution in [1.82, 2.24) is 23.9 Å². The van der Waals surface area contributed by atoms with Crippen LogP contribution >= 0.6 is 0 Å². The summed E-state index contributed by atoms with van der Waals surface area (Å²) in [7, 11) is 2.01. The molecule has 0 saturated carbocycles. The maximum atomic E-state index is 4.51. The minimum Gasteiger partial charge on any atom is -0.334 e. The standard InChI is InChI=1S/C16H11N5/c1-20-9-19-13-7-11-10-3-2-4-17-15(10)21-6-5-18-16(21)12(11)8-14(13)20/h2-9H,1H3. The van der Waals surface area contributed by atoms with Crippen molar-refractivity contribution in [2.45, 2.75) is 0 Å². The first-order valence-electron chi connectivity index (χ1n) is 6.77. The molecule has 5 aromatic rings. The summed E-state index contributed by atoms with van der Waals surface area (Å²) in [5.74, 6) is 0. The Balaban J connectivity index is 2.19. The monoisotopic (exact) mass is 273 g/mol. The summed E-state index contributed by atoms with van der Waals surface area (Å²) in [6, 6.07) is 8.35. The van der Waals surface area contributed by atoms with Gasteiger partial charge in [-0.2, -0.15) is 0 Å². The molecule has 5 nitrogen and oxygen atoms in total. The normalized spacial score (nSPS) is 12.0. The third-order valence-electron chi connectivity index (χ3n) is 4.05. The van der Waals surface area contributed by atoms with Crippen LogP contribution in [0, 0.1) is 0 Å². The van der Waals surface area contributed by atoms with Gasteiger partial charge in [0.05, 0.1) is 17.4 Å². The lowest BCUT2D eigenvalue weighted by Crippen LogP contribution is -1.93. The number of fused-ring (bicyclic) bond motifs is 7. The minimum absolute atomic E-state index is 0.924. The quantitative estimate of drug-likeness (QED) is 0.408. The molecule has 0 spiro atoms. The second kappa shape index (κ2) is 3.58. The number of aryl methyl sites for hydroxylation is 1. The molecule has 0 bridgehead atoms. The fraction of sp³-hybridized carbons (Fsp3) is 0.0625. The number of imidazole rings is 2. The van der Waals surface area contributed by atoms with Crippen LogP contribution in [-0.2, 0) is 7.05 Å². The Morgan fingerprint density at radius 1 is 0.905 bits per heavy atom. The van der Waals surface area contributed by atoms with Gasteiger partial charge >= 0.3 is 0 Å². The molecule has 4 aromatic heterocycles. The van der Waals surface area contributed by atoms with Gasteiger partial charge in [0.1, 0.15) is 11.3 Å². The van der Waals surface area contributed by atoms with Gasteiger partial charge in [-0.3, -0.25) is 4.40 Å². The maximum Gasteiger partial charge on any atom is 0.146 e. The van der Waals surface area contributed by atoms with E-state index in [1.807, 2.05) is 47.0 Å². The first-order chi connectivity index (χ1) is 10.3. The molecule has 0 radical (unpaired) electrons. The van der Waals surface area contributed by atoms with E-state index in [1.54, 1.807) is 0 Å². The van der Waals surface area contributed by atoms with Gasteiger partial charge in [-0.25, -0.2) is 15.0 Å². The summed E-state index contributed by atoms with van der Waals surface area (Å²) in [6.45, 7) is 0. The van der Waals surface area contributed by atoms with Crippen LogP contribution in [0.4, 0.5) is 0 Å². The van der Waals surface area contributed by atoms with E-state index in [-0.39, 0.29) is 0 Å². The van der Waals surface area contributed by atoms with Crippen LogP contribution < -0.4 is 0 Å². The first kappa shape index (κ1) is 10.8. The zero-order valence-electron chi connectivity index (χ0n) is 11.4. The highest BCUT2D eigenvalue weighted by Crippen LogP contribution is 2.30. The Morgan fingerprint density at radius 2 is 1.76 bits per heavy atom. The lowest BCUT2D eigenvalue weighted by Gasteiger charge is -2.07. The number of pyridine rings is 2. The topological polar surface area (TPSA) is 48.0 Å². The third-order valence-corrected chi connectivity index (χ3v) is 4.05. The number of benzene rings is 1. The Hall–Kier alpha value is -2.95. The molecule has 100 valence electrons. The third kappa shape index (κ3) is 1.27. The molecule has 0 unspecified atom stereocenters. The van der Waals surface area contributed by atoms with E-state index in [1.165, 1.54) is 0 Å². The summed E-state index contributed by atoms with van der Waals surface area (Å²) >= 11 is 0. The molecule has 4 heterocycles. The van der Waals surface area contributed by atoms with Crippen molar-refractivity contribution in [3.05, 3.63) is 49.2 Å². The second-order valence-corrected chi connectivity index (χ2v) is 5.24. The zero-order chi connectivity index (χ0) is 14.0. The molecule has 0 aliphatic heterocycles. The summed E-state index contributed by atoms with van der Waals surface area (Å²) in [5.41, 5.74) is 3.95. The minimum atomic E-state index is 0.924. The van der Waals surface area contributed by atoms with Crippen molar-refractivity contribution in [3.63, 3.8) is 0 Å². The smallest absolute Gasteiger partial charge is 0.146 e. The van der Waals surface area contributed by atoms with Crippen molar-refractivity contribution in [2.75, 3.05) is 0 Å². The molecule has 21 heavy (non-hydrogen) atoms. The molecule has 0 aliphatic rings. The van der Waals surface area contributed by atoms with Gasteiger partial charge < -0.3 is 4.57 Å².